The zero-order chi connectivity index (χ0) is 13.2. The highest BCUT2D eigenvalue weighted by Gasteiger charge is 2.36. The summed E-state index contributed by atoms with van der Waals surface area (Å²) in [6.45, 7) is 3.34. The summed E-state index contributed by atoms with van der Waals surface area (Å²) >= 11 is 3.06. The van der Waals surface area contributed by atoms with Crippen molar-refractivity contribution in [3.63, 3.8) is 0 Å². The van der Waals surface area contributed by atoms with Crippen LogP contribution in [0.4, 0.5) is 4.39 Å². The van der Waals surface area contributed by atoms with E-state index in [9.17, 15) is 9.18 Å². The zero-order valence-electron chi connectivity index (χ0n) is 9.96. The van der Waals surface area contributed by atoms with E-state index >= 15 is 0 Å². The van der Waals surface area contributed by atoms with E-state index in [0.717, 1.165) is 0 Å². The number of ether oxygens (including phenoxy) is 1. The molecule has 0 amide bonds. The van der Waals surface area contributed by atoms with Crippen molar-refractivity contribution in [3.8, 4) is 0 Å². The van der Waals surface area contributed by atoms with Crippen LogP contribution in [-0.2, 0) is 9.53 Å². The largest absolute Gasteiger partial charge is 0.469 e. The van der Waals surface area contributed by atoms with E-state index in [1.165, 1.54) is 13.2 Å². The Hall–Kier alpha value is -0.940. The molecule has 0 aliphatic rings. The van der Waals surface area contributed by atoms with Crippen LogP contribution in [-0.4, -0.2) is 13.1 Å². The molecule has 1 aromatic rings. The first-order valence-corrected chi connectivity index (χ1v) is 5.89. The molecule has 0 aliphatic carbocycles. The van der Waals surface area contributed by atoms with E-state index in [-0.39, 0.29) is 0 Å². The Morgan fingerprint density at radius 2 is 2.12 bits per heavy atom. The van der Waals surface area contributed by atoms with Crippen LogP contribution in [0, 0.1) is 11.2 Å². The van der Waals surface area contributed by atoms with Gasteiger partial charge in [-0.25, -0.2) is 4.39 Å². The van der Waals surface area contributed by atoms with Crippen molar-refractivity contribution in [1.29, 1.82) is 0 Å². The fraction of sp³-hybridized carbons (Fsp3) is 0.417. The monoisotopic (exact) mass is 303 g/mol. The van der Waals surface area contributed by atoms with Crippen molar-refractivity contribution in [2.45, 2.75) is 19.9 Å². The maximum atomic E-state index is 13.4. The number of hydrogen-bond donors (Lipinski definition) is 1. The molecular weight excluding hydrogens is 289 g/mol. The Bertz CT molecular complexity index is 435. The fourth-order valence-electron chi connectivity index (χ4n) is 1.51. The van der Waals surface area contributed by atoms with Crippen molar-refractivity contribution in [2.24, 2.45) is 11.1 Å². The molecule has 0 saturated carbocycles. The minimum absolute atomic E-state index is 0.365. The molecule has 2 N–H and O–H groups in total. The second-order valence-corrected chi connectivity index (χ2v) is 5.22. The molecule has 3 nitrogen and oxygen atoms in total. The molecule has 0 fully saturated rings. The Balaban J connectivity index is 3.07. The van der Waals surface area contributed by atoms with Crippen LogP contribution in [0.2, 0.25) is 0 Å². The molecule has 0 spiro atoms. The molecule has 0 heterocycles. The molecule has 94 valence electrons. The summed E-state index contributed by atoms with van der Waals surface area (Å²) in [6.07, 6.45) is 0. The number of nitrogens with two attached hydrogens (primary N) is 1. The third-order valence-corrected chi connectivity index (χ3v) is 3.43. The maximum Gasteiger partial charge on any atom is 0.313 e. The number of halogens is 2. The lowest BCUT2D eigenvalue weighted by molar-refractivity contribution is -0.152. The highest BCUT2D eigenvalue weighted by molar-refractivity contribution is 9.10. The van der Waals surface area contributed by atoms with Gasteiger partial charge >= 0.3 is 5.97 Å². The smallest absolute Gasteiger partial charge is 0.313 e. The summed E-state index contributed by atoms with van der Waals surface area (Å²) < 4.78 is 18.4. The molecular formula is C12H15BrFNO2. The van der Waals surface area contributed by atoms with Crippen LogP contribution in [0.3, 0.4) is 0 Å². The van der Waals surface area contributed by atoms with Gasteiger partial charge in [-0.3, -0.25) is 4.79 Å². The Morgan fingerprint density at radius 1 is 1.53 bits per heavy atom. The van der Waals surface area contributed by atoms with Gasteiger partial charge in [0.25, 0.3) is 0 Å². The van der Waals surface area contributed by atoms with Gasteiger partial charge in [-0.05, 0) is 47.5 Å². The van der Waals surface area contributed by atoms with Crippen molar-refractivity contribution in [3.05, 3.63) is 34.1 Å². The predicted octanol–water partition coefficient (Wildman–Crippen LogP) is 2.79. The highest BCUT2D eigenvalue weighted by atomic mass is 79.9. The number of benzene rings is 1. The fourth-order valence-corrected chi connectivity index (χ4v) is 1.76. The van der Waals surface area contributed by atoms with Gasteiger partial charge in [-0.15, -0.1) is 0 Å². The highest BCUT2D eigenvalue weighted by Crippen LogP contribution is 2.33. The summed E-state index contributed by atoms with van der Waals surface area (Å²) in [5, 5.41) is 0. The van der Waals surface area contributed by atoms with Crippen LogP contribution in [0.15, 0.2) is 22.7 Å². The van der Waals surface area contributed by atoms with Crippen LogP contribution in [0.1, 0.15) is 25.5 Å². The first-order valence-electron chi connectivity index (χ1n) is 5.09. The zero-order valence-corrected chi connectivity index (χ0v) is 11.5. The standard InChI is InChI=1S/C12H15BrFNO2/c1-12(2,11(16)17-3)10(15)7-4-5-8(13)9(14)6-7/h4-6,10H,15H2,1-3H3/t10-/m1/s1. The summed E-state index contributed by atoms with van der Waals surface area (Å²) in [5.74, 6) is -0.827. The number of carbonyl (C=O) groups excluding carboxylic acids is 1. The van der Waals surface area contributed by atoms with E-state index in [0.29, 0.717) is 10.0 Å². The Morgan fingerprint density at radius 3 is 2.59 bits per heavy atom. The van der Waals surface area contributed by atoms with Gasteiger partial charge in [0, 0.05) is 6.04 Å². The van der Waals surface area contributed by atoms with Crippen molar-refractivity contribution in [2.75, 3.05) is 7.11 Å². The number of esters is 1. The van der Waals surface area contributed by atoms with Crippen LogP contribution < -0.4 is 5.73 Å². The quantitative estimate of drug-likeness (QED) is 0.874. The second-order valence-electron chi connectivity index (χ2n) is 4.36. The first kappa shape index (κ1) is 14.1. The van der Waals surface area contributed by atoms with Gasteiger partial charge in [0.15, 0.2) is 0 Å². The van der Waals surface area contributed by atoms with E-state index in [1.807, 2.05) is 0 Å². The van der Waals surface area contributed by atoms with Crippen molar-refractivity contribution in [1.82, 2.24) is 0 Å². The van der Waals surface area contributed by atoms with Gasteiger partial charge in [-0.1, -0.05) is 6.07 Å². The minimum atomic E-state index is -0.908. The van der Waals surface area contributed by atoms with Crippen LogP contribution in [0.5, 0.6) is 0 Å². The second kappa shape index (κ2) is 5.14. The molecule has 5 heteroatoms. The molecule has 1 atom stereocenters. The Labute approximate surface area is 108 Å². The molecule has 0 aromatic heterocycles. The first-order chi connectivity index (χ1) is 7.80. The molecule has 0 saturated heterocycles. The Kier molecular flexibility index (Phi) is 4.27. The number of hydrogen-bond acceptors (Lipinski definition) is 3. The summed E-state index contributed by atoms with van der Waals surface area (Å²) in [6, 6.07) is 3.94. The van der Waals surface area contributed by atoms with E-state index in [1.54, 1.807) is 26.0 Å². The van der Waals surface area contributed by atoms with Gasteiger partial charge < -0.3 is 10.5 Å². The lowest BCUT2D eigenvalue weighted by Crippen LogP contribution is -2.37. The van der Waals surface area contributed by atoms with E-state index in [2.05, 4.69) is 20.7 Å². The number of carbonyl (C=O) groups is 1. The topological polar surface area (TPSA) is 52.3 Å². The number of methoxy groups -OCH3 is 1. The number of rotatable bonds is 3. The van der Waals surface area contributed by atoms with Crippen molar-refractivity contribution >= 4 is 21.9 Å². The average molecular weight is 304 g/mol. The third kappa shape index (κ3) is 2.84. The summed E-state index contributed by atoms with van der Waals surface area (Å²) in [4.78, 5) is 11.6. The predicted molar refractivity (Wildman–Crippen MR) is 66.8 cm³/mol. The molecule has 0 bridgehead atoms. The molecule has 1 rings (SSSR count). The molecule has 0 radical (unpaired) electrons. The maximum absolute atomic E-state index is 13.4. The van der Waals surface area contributed by atoms with Gasteiger partial charge in [0.1, 0.15) is 5.82 Å². The van der Waals surface area contributed by atoms with Gasteiger partial charge in [0.2, 0.25) is 0 Å². The summed E-state index contributed by atoms with van der Waals surface area (Å²) in [5.41, 5.74) is 5.63. The molecule has 0 aliphatic heterocycles. The van der Waals surface area contributed by atoms with Crippen LogP contribution >= 0.6 is 15.9 Å². The SMILES string of the molecule is COC(=O)C(C)(C)[C@H](N)c1ccc(Br)c(F)c1. The lowest BCUT2D eigenvalue weighted by atomic mass is 9.81. The van der Waals surface area contributed by atoms with Gasteiger partial charge in [0.05, 0.1) is 17.0 Å². The van der Waals surface area contributed by atoms with E-state index < -0.39 is 23.2 Å². The summed E-state index contributed by atoms with van der Waals surface area (Å²) in [7, 11) is 1.30. The lowest BCUT2D eigenvalue weighted by Gasteiger charge is -2.29. The normalized spacial score (nSPS) is 13.3. The van der Waals surface area contributed by atoms with Crippen LogP contribution in [0.25, 0.3) is 0 Å². The van der Waals surface area contributed by atoms with Gasteiger partial charge in [-0.2, -0.15) is 0 Å². The van der Waals surface area contributed by atoms with E-state index in [4.69, 9.17) is 5.73 Å². The molecule has 17 heavy (non-hydrogen) atoms. The third-order valence-electron chi connectivity index (χ3n) is 2.79. The average Bonchev–Trinajstić information content (AvgIpc) is 2.30. The molecule has 1 aromatic carbocycles. The molecule has 0 unspecified atom stereocenters. The minimum Gasteiger partial charge on any atom is -0.469 e. The van der Waals surface area contributed by atoms with Crippen molar-refractivity contribution < 1.29 is 13.9 Å².